The quantitative estimate of drug-likeness (QED) is 0.687. The Bertz CT molecular complexity index is 836. The number of benzene rings is 1. The van der Waals surface area contributed by atoms with Gasteiger partial charge in [-0.1, -0.05) is 6.92 Å². The molecule has 2 heterocycles. The molecule has 0 amide bonds. The lowest BCUT2D eigenvalue weighted by Gasteiger charge is -2.08. The minimum absolute atomic E-state index is 0.00871. The Morgan fingerprint density at radius 3 is 2.59 bits per heavy atom. The predicted molar refractivity (Wildman–Crippen MR) is 87.3 cm³/mol. The van der Waals surface area contributed by atoms with Crippen LogP contribution < -0.4 is 0 Å². The zero-order valence-electron chi connectivity index (χ0n) is 12.6. The Labute approximate surface area is 132 Å². The highest BCUT2D eigenvalue weighted by Crippen LogP contribution is 2.40. The predicted octanol–water partition coefficient (Wildman–Crippen LogP) is 3.79. The molecule has 0 fully saturated rings. The van der Waals surface area contributed by atoms with Gasteiger partial charge < -0.3 is 10.2 Å². The first-order chi connectivity index (χ1) is 10.5. The van der Waals surface area contributed by atoms with Crippen molar-refractivity contribution in [1.29, 1.82) is 0 Å². The molecule has 3 aromatic rings. The second-order valence-corrected chi connectivity index (χ2v) is 6.24. The number of aromatic nitrogens is 3. The molecule has 3 N–H and O–H groups in total. The van der Waals surface area contributed by atoms with Crippen LogP contribution in [0.5, 0.6) is 11.5 Å². The number of phenolic OH excluding ortho intramolecular Hbond substituents is 2. The van der Waals surface area contributed by atoms with E-state index < -0.39 is 0 Å². The van der Waals surface area contributed by atoms with E-state index in [2.05, 4.69) is 15.2 Å². The van der Waals surface area contributed by atoms with E-state index >= 15 is 0 Å². The van der Waals surface area contributed by atoms with Crippen LogP contribution in [0.25, 0.3) is 22.5 Å². The van der Waals surface area contributed by atoms with Crippen molar-refractivity contribution in [3.8, 4) is 34.0 Å². The van der Waals surface area contributed by atoms with Crippen molar-refractivity contribution in [1.82, 2.24) is 15.2 Å². The molecule has 114 valence electrons. The van der Waals surface area contributed by atoms with Gasteiger partial charge in [-0.3, -0.25) is 5.10 Å². The number of rotatable bonds is 3. The van der Waals surface area contributed by atoms with E-state index in [-0.39, 0.29) is 11.5 Å². The molecular weight excluding hydrogens is 298 g/mol. The van der Waals surface area contributed by atoms with Crippen molar-refractivity contribution in [2.75, 3.05) is 0 Å². The maximum atomic E-state index is 10.2. The van der Waals surface area contributed by atoms with E-state index in [9.17, 15) is 10.2 Å². The largest absolute Gasteiger partial charge is 0.508 e. The monoisotopic (exact) mass is 315 g/mol. The van der Waals surface area contributed by atoms with Crippen LogP contribution in [0.3, 0.4) is 0 Å². The number of phenols is 2. The average Bonchev–Trinajstić information content (AvgIpc) is 3.05. The topological polar surface area (TPSA) is 82.0 Å². The van der Waals surface area contributed by atoms with Crippen LogP contribution in [-0.2, 0) is 6.42 Å². The fraction of sp³-hybridized carbons (Fsp3) is 0.250. The second kappa shape index (κ2) is 5.46. The van der Waals surface area contributed by atoms with Gasteiger partial charge in [0, 0.05) is 28.3 Å². The highest BCUT2D eigenvalue weighted by Gasteiger charge is 2.20. The first kappa shape index (κ1) is 14.6. The van der Waals surface area contributed by atoms with Crippen LogP contribution in [-0.4, -0.2) is 25.4 Å². The highest BCUT2D eigenvalue weighted by atomic mass is 32.1. The lowest BCUT2D eigenvalue weighted by molar-refractivity contribution is 0.447. The number of hydrogen-bond donors (Lipinski definition) is 3. The average molecular weight is 315 g/mol. The molecule has 1 aromatic carbocycles. The molecule has 0 bridgehead atoms. The minimum Gasteiger partial charge on any atom is -0.508 e. The van der Waals surface area contributed by atoms with Gasteiger partial charge >= 0.3 is 0 Å². The molecule has 0 saturated heterocycles. The summed E-state index contributed by atoms with van der Waals surface area (Å²) in [6.45, 7) is 5.84. The van der Waals surface area contributed by atoms with Crippen molar-refractivity contribution in [3.63, 3.8) is 0 Å². The molecule has 2 aromatic heterocycles. The molecule has 0 radical (unpaired) electrons. The molecular formula is C16H17N3O2S. The number of nitrogens with one attached hydrogen (secondary N) is 1. The molecule has 0 aliphatic heterocycles. The van der Waals surface area contributed by atoms with Crippen molar-refractivity contribution < 1.29 is 10.2 Å². The van der Waals surface area contributed by atoms with Gasteiger partial charge in [-0.25, -0.2) is 4.98 Å². The molecule has 0 aliphatic carbocycles. The number of aryl methyl sites for hydroxylation is 3. The van der Waals surface area contributed by atoms with Crippen LogP contribution in [0, 0.1) is 13.8 Å². The summed E-state index contributed by atoms with van der Waals surface area (Å²) < 4.78 is 0. The Morgan fingerprint density at radius 2 is 1.95 bits per heavy atom. The van der Waals surface area contributed by atoms with Crippen LogP contribution >= 0.6 is 11.3 Å². The first-order valence-corrected chi connectivity index (χ1v) is 7.92. The highest BCUT2D eigenvalue weighted by molar-refractivity contribution is 7.09. The normalized spacial score (nSPS) is 11.0. The summed E-state index contributed by atoms with van der Waals surface area (Å²) in [5, 5.41) is 30.3. The number of aromatic hydroxyl groups is 2. The first-order valence-electron chi connectivity index (χ1n) is 7.04. The fourth-order valence-electron chi connectivity index (χ4n) is 2.51. The SMILES string of the molecule is CCc1cc(-c2n[nH]c(C)c2-c2csc(C)n2)c(O)cc1O. The molecule has 6 heteroatoms. The van der Waals surface area contributed by atoms with Crippen molar-refractivity contribution >= 4 is 11.3 Å². The third-order valence-corrected chi connectivity index (χ3v) is 4.43. The standard InChI is InChI=1S/C16H17N3O2S/c1-4-10-5-11(14(21)6-13(10)20)16-15(8(2)18-19-16)12-7-22-9(3)17-12/h5-7,20-21H,4H2,1-3H3,(H,18,19). The van der Waals surface area contributed by atoms with Crippen molar-refractivity contribution in [2.45, 2.75) is 27.2 Å². The number of aromatic amines is 1. The van der Waals surface area contributed by atoms with Gasteiger partial charge in [-0.15, -0.1) is 11.3 Å². The summed E-state index contributed by atoms with van der Waals surface area (Å²) in [5.74, 6) is 0.108. The molecule has 0 aliphatic rings. The van der Waals surface area contributed by atoms with E-state index in [1.807, 2.05) is 26.2 Å². The summed E-state index contributed by atoms with van der Waals surface area (Å²) in [6.07, 6.45) is 0.674. The summed E-state index contributed by atoms with van der Waals surface area (Å²) >= 11 is 1.57. The lowest BCUT2D eigenvalue weighted by Crippen LogP contribution is -1.89. The molecule has 0 unspecified atom stereocenters. The van der Waals surface area contributed by atoms with Gasteiger partial charge in [-0.2, -0.15) is 5.10 Å². The Morgan fingerprint density at radius 1 is 1.18 bits per heavy atom. The molecule has 3 rings (SSSR count). The fourth-order valence-corrected chi connectivity index (χ4v) is 3.11. The van der Waals surface area contributed by atoms with Gasteiger partial charge in [0.05, 0.1) is 10.7 Å². The Hall–Kier alpha value is -2.34. The van der Waals surface area contributed by atoms with E-state index in [0.29, 0.717) is 17.7 Å². The van der Waals surface area contributed by atoms with Crippen LogP contribution in [0.2, 0.25) is 0 Å². The lowest BCUT2D eigenvalue weighted by atomic mass is 9.99. The van der Waals surface area contributed by atoms with Gasteiger partial charge in [-0.05, 0) is 31.9 Å². The maximum absolute atomic E-state index is 10.2. The molecule has 0 saturated carbocycles. The maximum Gasteiger partial charge on any atom is 0.128 e. The molecule has 0 spiro atoms. The third-order valence-electron chi connectivity index (χ3n) is 3.66. The van der Waals surface area contributed by atoms with Crippen LogP contribution in [0.15, 0.2) is 17.5 Å². The van der Waals surface area contributed by atoms with E-state index in [1.54, 1.807) is 17.4 Å². The summed E-state index contributed by atoms with van der Waals surface area (Å²) in [7, 11) is 0. The number of thiazole rings is 1. The van der Waals surface area contributed by atoms with Crippen molar-refractivity contribution in [3.05, 3.63) is 33.8 Å². The second-order valence-electron chi connectivity index (χ2n) is 5.18. The van der Waals surface area contributed by atoms with Crippen LogP contribution in [0.1, 0.15) is 23.2 Å². The number of hydrogen-bond acceptors (Lipinski definition) is 5. The summed E-state index contributed by atoms with van der Waals surface area (Å²) in [5.41, 5.74) is 4.64. The van der Waals surface area contributed by atoms with Gasteiger partial charge in [0.15, 0.2) is 0 Å². The Balaban J connectivity index is 2.22. The number of nitrogens with zero attached hydrogens (tertiary/aromatic N) is 2. The van der Waals surface area contributed by atoms with E-state index in [4.69, 9.17) is 0 Å². The summed E-state index contributed by atoms with van der Waals surface area (Å²) in [4.78, 5) is 4.52. The van der Waals surface area contributed by atoms with Crippen LogP contribution in [0.4, 0.5) is 0 Å². The molecule has 0 atom stereocenters. The van der Waals surface area contributed by atoms with E-state index in [0.717, 1.165) is 27.5 Å². The minimum atomic E-state index is 0.00871. The molecule has 5 nitrogen and oxygen atoms in total. The zero-order chi connectivity index (χ0) is 15.9. The van der Waals surface area contributed by atoms with Gasteiger partial charge in [0.2, 0.25) is 0 Å². The summed E-state index contributed by atoms with van der Waals surface area (Å²) in [6, 6.07) is 3.15. The third kappa shape index (κ3) is 2.35. The van der Waals surface area contributed by atoms with E-state index in [1.165, 1.54) is 6.07 Å². The van der Waals surface area contributed by atoms with Gasteiger partial charge in [0.25, 0.3) is 0 Å². The molecule has 22 heavy (non-hydrogen) atoms. The van der Waals surface area contributed by atoms with Crippen molar-refractivity contribution in [2.24, 2.45) is 0 Å². The smallest absolute Gasteiger partial charge is 0.128 e. The zero-order valence-corrected chi connectivity index (χ0v) is 13.5. The van der Waals surface area contributed by atoms with Gasteiger partial charge in [0.1, 0.15) is 17.2 Å². The number of H-pyrrole nitrogens is 1. The Kier molecular flexibility index (Phi) is 3.62.